The molecule has 0 aromatic carbocycles. The lowest BCUT2D eigenvalue weighted by molar-refractivity contribution is -0.147. The second-order valence-electron chi connectivity index (χ2n) is 4.07. The lowest BCUT2D eigenvalue weighted by Gasteiger charge is -2.32. The lowest BCUT2D eigenvalue weighted by atomic mass is 10.0. The molecule has 0 aromatic rings. The fourth-order valence-corrected chi connectivity index (χ4v) is 1.53. The summed E-state index contributed by atoms with van der Waals surface area (Å²) >= 11 is 0. The van der Waals surface area contributed by atoms with Gasteiger partial charge >= 0.3 is 5.97 Å². The number of ether oxygens (including phenoxy) is 1. The molecular formula is C12H17NO4. The Kier molecular flexibility index (Phi) is 4.43. The highest BCUT2D eigenvalue weighted by atomic mass is 16.5. The molecule has 1 aliphatic heterocycles. The van der Waals surface area contributed by atoms with Crippen molar-refractivity contribution < 1.29 is 19.1 Å². The highest BCUT2D eigenvalue weighted by Gasteiger charge is 2.36. The van der Waals surface area contributed by atoms with Crippen LogP contribution in [-0.4, -0.2) is 35.8 Å². The third kappa shape index (κ3) is 3.15. The molecule has 1 heterocycles. The van der Waals surface area contributed by atoms with Gasteiger partial charge in [0, 0.05) is 18.9 Å². The van der Waals surface area contributed by atoms with E-state index in [1.165, 1.54) is 11.8 Å². The van der Waals surface area contributed by atoms with E-state index in [2.05, 4.69) is 0 Å². The molecular weight excluding hydrogens is 222 g/mol. The standard InChI is InChI=1S/C12H17NO4/c1-4-5-11(15)13-6-10(12(13)16)8(2)7-17-9(3)14/h4-7H2,1-3H3/b10-8-. The molecule has 0 N–H and O–H groups in total. The van der Waals surface area contributed by atoms with Crippen LogP contribution in [-0.2, 0) is 19.1 Å². The minimum Gasteiger partial charge on any atom is -0.461 e. The first-order valence-electron chi connectivity index (χ1n) is 5.64. The van der Waals surface area contributed by atoms with Crippen molar-refractivity contribution in [1.82, 2.24) is 4.90 Å². The molecule has 0 aromatic heterocycles. The summed E-state index contributed by atoms with van der Waals surface area (Å²) in [6, 6.07) is 0. The molecule has 0 spiro atoms. The number of amides is 2. The number of imide groups is 1. The Bertz CT molecular complexity index is 384. The zero-order valence-corrected chi connectivity index (χ0v) is 10.4. The minimum atomic E-state index is -0.379. The van der Waals surface area contributed by atoms with Gasteiger partial charge in [-0.3, -0.25) is 19.3 Å². The summed E-state index contributed by atoms with van der Waals surface area (Å²) in [6.45, 7) is 5.40. The van der Waals surface area contributed by atoms with E-state index in [1.807, 2.05) is 6.92 Å². The van der Waals surface area contributed by atoms with Crippen molar-refractivity contribution in [2.45, 2.75) is 33.6 Å². The van der Waals surface area contributed by atoms with Crippen LogP contribution in [0.2, 0.25) is 0 Å². The van der Waals surface area contributed by atoms with Gasteiger partial charge in [0.2, 0.25) is 5.91 Å². The average Bonchev–Trinajstić information content (AvgIpc) is 2.24. The first-order valence-corrected chi connectivity index (χ1v) is 5.64. The molecule has 0 atom stereocenters. The monoisotopic (exact) mass is 239 g/mol. The van der Waals surface area contributed by atoms with Crippen LogP contribution in [0.25, 0.3) is 0 Å². The van der Waals surface area contributed by atoms with Crippen molar-refractivity contribution in [3.63, 3.8) is 0 Å². The van der Waals surface area contributed by atoms with Crippen LogP contribution in [0.1, 0.15) is 33.6 Å². The number of hydrogen-bond acceptors (Lipinski definition) is 4. The summed E-state index contributed by atoms with van der Waals surface area (Å²) in [5.74, 6) is -0.773. The third-order valence-electron chi connectivity index (χ3n) is 2.59. The number of esters is 1. The van der Waals surface area contributed by atoms with Crippen LogP contribution in [0.5, 0.6) is 0 Å². The van der Waals surface area contributed by atoms with Gasteiger partial charge < -0.3 is 4.74 Å². The smallest absolute Gasteiger partial charge is 0.302 e. The van der Waals surface area contributed by atoms with Crippen molar-refractivity contribution in [1.29, 1.82) is 0 Å². The van der Waals surface area contributed by atoms with Gasteiger partial charge in [-0.05, 0) is 18.9 Å². The Morgan fingerprint density at radius 1 is 1.35 bits per heavy atom. The van der Waals surface area contributed by atoms with E-state index in [9.17, 15) is 14.4 Å². The number of likely N-dealkylation sites (tertiary alicyclic amines) is 1. The number of nitrogens with zero attached hydrogens (tertiary/aromatic N) is 1. The summed E-state index contributed by atoms with van der Waals surface area (Å²) in [7, 11) is 0. The molecule has 0 unspecified atom stereocenters. The molecule has 1 saturated heterocycles. The zero-order chi connectivity index (χ0) is 13.0. The van der Waals surface area contributed by atoms with E-state index in [0.29, 0.717) is 24.1 Å². The summed E-state index contributed by atoms with van der Waals surface area (Å²) in [5, 5.41) is 0. The Morgan fingerprint density at radius 3 is 2.47 bits per heavy atom. The highest BCUT2D eigenvalue weighted by molar-refractivity contribution is 6.11. The number of hydrogen-bond donors (Lipinski definition) is 0. The van der Waals surface area contributed by atoms with Crippen molar-refractivity contribution in [3.8, 4) is 0 Å². The summed E-state index contributed by atoms with van der Waals surface area (Å²) in [5.41, 5.74) is 1.29. The fraction of sp³-hybridized carbons (Fsp3) is 0.583. The number of carbonyl (C=O) groups is 3. The molecule has 0 radical (unpaired) electrons. The quantitative estimate of drug-likeness (QED) is 0.417. The van der Waals surface area contributed by atoms with Gasteiger partial charge in [0.25, 0.3) is 5.91 Å². The second-order valence-corrected chi connectivity index (χ2v) is 4.07. The molecule has 0 saturated carbocycles. The maximum atomic E-state index is 11.7. The van der Waals surface area contributed by atoms with Crippen LogP contribution in [0, 0.1) is 0 Å². The minimum absolute atomic E-state index is 0.117. The predicted molar refractivity (Wildman–Crippen MR) is 61.0 cm³/mol. The van der Waals surface area contributed by atoms with Gasteiger partial charge in [-0.15, -0.1) is 0 Å². The Labute approximate surface area is 100 Å². The van der Waals surface area contributed by atoms with Crippen molar-refractivity contribution in [2.24, 2.45) is 0 Å². The Balaban J connectivity index is 2.56. The normalized spacial score (nSPS) is 17.6. The first-order chi connectivity index (χ1) is 7.97. The summed E-state index contributed by atoms with van der Waals surface area (Å²) in [6.07, 6.45) is 1.12. The molecule has 5 heteroatoms. The highest BCUT2D eigenvalue weighted by Crippen LogP contribution is 2.21. The van der Waals surface area contributed by atoms with E-state index in [1.54, 1.807) is 6.92 Å². The van der Waals surface area contributed by atoms with Gasteiger partial charge in [0.1, 0.15) is 6.61 Å². The topological polar surface area (TPSA) is 63.7 Å². The van der Waals surface area contributed by atoms with Gasteiger partial charge in [-0.1, -0.05) is 6.92 Å². The van der Waals surface area contributed by atoms with E-state index in [4.69, 9.17) is 4.74 Å². The Morgan fingerprint density at radius 2 is 2.00 bits per heavy atom. The van der Waals surface area contributed by atoms with Crippen LogP contribution in [0.15, 0.2) is 11.1 Å². The molecule has 0 bridgehead atoms. The first kappa shape index (κ1) is 13.4. The predicted octanol–water partition coefficient (Wildman–Crippen LogP) is 1.03. The second kappa shape index (κ2) is 5.61. The summed E-state index contributed by atoms with van der Waals surface area (Å²) < 4.78 is 4.80. The van der Waals surface area contributed by atoms with E-state index >= 15 is 0 Å². The van der Waals surface area contributed by atoms with Gasteiger partial charge in [0.05, 0.1) is 6.54 Å². The number of carbonyl (C=O) groups excluding carboxylic acids is 3. The van der Waals surface area contributed by atoms with Gasteiger partial charge in [-0.2, -0.15) is 0 Å². The molecule has 2 amide bonds. The largest absolute Gasteiger partial charge is 0.461 e. The molecule has 5 nitrogen and oxygen atoms in total. The SMILES string of the molecule is CCCC(=O)N1C/C(=C(\C)COC(C)=O)C1=O. The Hall–Kier alpha value is -1.65. The van der Waals surface area contributed by atoms with Crippen LogP contribution in [0.4, 0.5) is 0 Å². The average molecular weight is 239 g/mol. The molecule has 0 aliphatic carbocycles. The number of rotatable bonds is 4. The zero-order valence-electron chi connectivity index (χ0n) is 10.4. The van der Waals surface area contributed by atoms with E-state index in [-0.39, 0.29) is 24.4 Å². The van der Waals surface area contributed by atoms with Crippen LogP contribution < -0.4 is 0 Å². The lowest BCUT2D eigenvalue weighted by Crippen LogP contribution is -2.50. The van der Waals surface area contributed by atoms with Gasteiger partial charge in [-0.25, -0.2) is 0 Å². The maximum absolute atomic E-state index is 11.7. The number of β-lactam (4-membered cyclic amide) rings is 1. The fourth-order valence-electron chi connectivity index (χ4n) is 1.53. The van der Waals surface area contributed by atoms with Gasteiger partial charge in [0.15, 0.2) is 0 Å². The van der Waals surface area contributed by atoms with E-state index in [0.717, 1.165) is 6.42 Å². The van der Waals surface area contributed by atoms with Crippen LogP contribution in [0.3, 0.4) is 0 Å². The molecule has 1 fully saturated rings. The molecule has 17 heavy (non-hydrogen) atoms. The van der Waals surface area contributed by atoms with Crippen LogP contribution >= 0.6 is 0 Å². The third-order valence-corrected chi connectivity index (χ3v) is 2.59. The molecule has 1 aliphatic rings. The maximum Gasteiger partial charge on any atom is 0.302 e. The molecule has 1 rings (SSSR count). The van der Waals surface area contributed by atoms with Crippen molar-refractivity contribution in [3.05, 3.63) is 11.1 Å². The summed E-state index contributed by atoms with van der Waals surface area (Å²) in [4.78, 5) is 35.0. The van der Waals surface area contributed by atoms with Crippen molar-refractivity contribution >= 4 is 17.8 Å². The molecule has 94 valence electrons. The van der Waals surface area contributed by atoms with Crippen molar-refractivity contribution in [2.75, 3.05) is 13.2 Å². The van der Waals surface area contributed by atoms with E-state index < -0.39 is 0 Å².